The summed E-state index contributed by atoms with van der Waals surface area (Å²) >= 11 is 1.64. The zero-order valence-corrected chi connectivity index (χ0v) is 12.1. The van der Waals surface area contributed by atoms with Gasteiger partial charge in [0.25, 0.3) is 0 Å². The van der Waals surface area contributed by atoms with Crippen LogP contribution in [0.3, 0.4) is 0 Å². The first-order valence-corrected chi connectivity index (χ1v) is 7.46. The Kier molecular flexibility index (Phi) is 4.55. The third-order valence-electron chi connectivity index (χ3n) is 3.47. The lowest BCUT2D eigenvalue weighted by Crippen LogP contribution is -2.41. The topological polar surface area (TPSA) is 52.6 Å². The lowest BCUT2D eigenvalue weighted by atomic mass is 10.1. The summed E-state index contributed by atoms with van der Waals surface area (Å²) in [6.45, 7) is 6.50. The molecule has 19 heavy (non-hydrogen) atoms. The number of nitrogens with one attached hydrogen (secondary N) is 1. The molecular formula is C13H19N3O2S. The van der Waals surface area contributed by atoms with Crippen LogP contribution in [-0.4, -0.2) is 47.9 Å². The van der Waals surface area contributed by atoms with Crippen molar-refractivity contribution in [3.8, 4) is 0 Å². The molecule has 1 aromatic heterocycles. The van der Waals surface area contributed by atoms with E-state index in [-0.39, 0.29) is 24.5 Å². The number of hydrogen-bond acceptors (Lipinski definition) is 4. The van der Waals surface area contributed by atoms with Crippen LogP contribution >= 0.6 is 11.3 Å². The summed E-state index contributed by atoms with van der Waals surface area (Å²) in [5.41, 5.74) is 1.17. The molecule has 0 saturated carbocycles. The minimum absolute atomic E-state index is 0.0778. The van der Waals surface area contributed by atoms with Gasteiger partial charge in [0.15, 0.2) is 0 Å². The summed E-state index contributed by atoms with van der Waals surface area (Å²) in [4.78, 5) is 27.0. The molecule has 0 spiro atoms. The van der Waals surface area contributed by atoms with Gasteiger partial charge in [0.1, 0.15) is 0 Å². The van der Waals surface area contributed by atoms with Crippen LogP contribution in [0.15, 0.2) is 16.8 Å². The SMILES string of the molecule is CCN(CC)[C@@H](CN1C(=O)CNC1=O)c1ccsc1. The number of nitrogens with zero attached hydrogens (tertiary/aromatic N) is 2. The second-order valence-electron chi connectivity index (χ2n) is 4.46. The Morgan fingerprint density at radius 1 is 1.42 bits per heavy atom. The highest BCUT2D eigenvalue weighted by Gasteiger charge is 2.32. The van der Waals surface area contributed by atoms with Crippen molar-refractivity contribution >= 4 is 23.3 Å². The standard InChI is InChI=1S/C13H19N3O2S/c1-3-15(4-2)11(10-5-6-19-9-10)8-16-12(17)7-14-13(16)18/h5-6,9,11H,3-4,7-8H2,1-2H3,(H,14,18)/t11-/m0/s1. The van der Waals surface area contributed by atoms with Crippen molar-refractivity contribution in [3.05, 3.63) is 22.4 Å². The fourth-order valence-corrected chi connectivity index (χ4v) is 3.08. The molecule has 1 aliphatic rings. The minimum Gasteiger partial charge on any atom is -0.329 e. The molecular weight excluding hydrogens is 262 g/mol. The molecule has 0 aromatic carbocycles. The zero-order valence-electron chi connectivity index (χ0n) is 11.3. The van der Waals surface area contributed by atoms with Crippen LogP contribution in [0, 0.1) is 0 Å². The molecule has 3 amide bonds. The van der Waals surface area contributed by atoms with Gasteiger partial charge in [0, 0.05) is 0 Å². The van der Waals surface area contributed by atoms with Crippen LogP contribution < -0.4 is 5.32 Å². The number of urea groups is 1. The van der Waals surface area contributed by atoms with Crippen LogP contribution in [0.25, 0.3) is 0 Å². The van der Waals surface area contributed by atoms with Crippen molar-refractivity contribution in [1.29, 1.82) is 0 Å². The van der Waals surface area contributed by atoms with Gasteiger partial charge in [-0.15, -0.1) is 0 Å². The second-order valence-corrected chi connectivity index (χ2v) is 5.24. The first-order chi connectivity index (χ1) is 9.17. The molecule has 0 aliphatic carbocycles. The first kappa shape index (κ1) is 14.0. The Balaban J connectivity index is 2.18. The lowest BCUT2D eigenvalue weighted by Gasteiger charge is -2.31. The number of thiophene rings is 1. The molecule has 2 heterocycles. The molecule has 0 radical (unpaired) electrons. The normalized spacial score (nSPS) is 17.1. The fraction of sp³-hybridized carbons (Fsp3) is 0.538. The number of carbonyl (C=O) groups excluding carboxylic acids is 2. The number of carbonyl (C=O) groups is 2. The Labute approximate surface area is 117 Å². The van der Waals surface area contributed by atoms with Gasteiger partial charge >= 0.3 is 6.03 Å². The molecule has 0 unspecified atom stereocenters. The van der Waals surface area contributed by atoms with Gasteiger partial charge in [-0.2, -0.15) is 11.3 Å². The van der Waals surface area contributed by atoms with Crippen molar-refractivity contribution in [2.24, 2.45) is 0 Å². The maximum atomic E-state index is 11.7. The van der Waals surface area contributed by atoms with E-state index in [0.29, 0.717) is 6.54 Å². The Hall–Kier alpha value is -1.40. The molecule has 1 aliphatic heterocycles. The number of rotatable bonds is 6. The number of likely N-dealkylation sites (N-methyl/N-ethyl adjacent to an activating group) is 1. The van der Waals surface area contributed by atoms with E-state index in [1.54, 1.807) is 11.3 Å². The minimum atomic E-state index is -0.280. The smallest absolute Gasteiger partial charge is 0.324 e. The summed E-state index contributed by atoms with van der Waals surface area (Å²) in [6, 6.07) is 1.86. The monoisotopic (exact) mass is 281 g/mol. The van der Waals surface area contributed by atoms with Crippen molar-refractivity contribution in [1.82, 2.24) is 15.1 Å². The number of hydrogen-bond donors (Lipinski definition) is 1. The molecule has 1 aromatic rings. The Morgan fingerprint density at radius 3 is 2.63 bits per heavy atom. The van der Waals surface area contributed by atoms with Gasteiger partial charge in [-0.05, 0) is 35.5 Å². The van der Waals surface area contributed by atoms with Gasteiger partial charge in [0.2, 0.25) is 5.91 Å². The van der Waals surface area contributed by atoms with Crippen LogP contribution in [0.4, 0.5) is 4.79 Å². The van der Waals surface area contributed by atoms with E-state index < -0.39 is 0 Å². The highest BCUT2D eigenvalue weighted by atomic mass is 32.1. The van der Waals surface area contributed by atoms with Gasteiger partial charge in [-0.1, -0.05) is 13.8 Å². The maximum absolute atomic E-state index is 11.7. The average molecular weight is 281 g/mol. The van der Waals surface area contributed by atoms with E-state index >= 15 is 0 Å². The number of imide groups is 1. The van der Waals surface area contributed by atoms with E-state index in [2.05, 4.69) is 35.5 Å². The molecule has 1 N–H and O–H groups in total. The zero-order chi connectivity index (χ0) is 13.8. The van der Waals surface area contributed by atoms with Gasteiger partial charge in [0.05, 0.1) is 19.1 Å². The first-order valence-electron chi connectivity index (χ1n) is 6.51. The molecule has 2 rings (SSSR count). The number of amides is 3. The Bertz CT molecular complexity index is 427. The molecule has 1 fully saturated rings. The van der Waals surface area contributed by atoms with E-state index in [1.807, 2.05) is 5.38 Å². The van der Waals surface area contributed by atoms with Crippen molar-refractivity contribution < 1.29 is 9.59 Å². The van der Waals surface area contributed by atoms with Gasteiger partial charge in [-0.25, -0.2) is 4.79 Å². The maximum Gasteiger partial charge on any atom is 0.324 e. The van der Waals surface area contributed by atoms with E-state index in [1.165, 1.54) is 10.5 Å². The Morgan fingerprint density at radius 2 is 2.16 bits per heavy atom. The van der Waals surface area contributed by atoms with E-state index in [4.69, 9.17) is 0 Å². The van der Waals surface area contributed by atoms with E-state index in [0.717, 1.165) is 13.1 Å². The predicted molar refractivity (Wildman–Crippen MR) is 75.1 cm³/mol. The summed E-state index contributed by atoms with van der Waals surface area (Å²) < 4.78 is 0. The highest BCUT2D eigenvalue weighted by molar-refractivity contribution is 7.07. The lowest BCUT2D eigenvalue weighted by molar-refractivity contribution is -0.125. The average Bonchev–Trinajstić information content (AvgIpc) is 3.03. The third kappa shape index (κ3) is 2.96. The van der Waals surface area contributed by atoms with Crippen LogP contribution in [0.1, 0.15) is 25.5 Å². The summed E-state index contributed by atoms with van der Waals surface area (Å²) in [5, 5.41) is 6.68. The largest absolute Gasteiger partial charge is 0.329 e. The van der Waals surface area contributed by atoms with Crippen LogP contribution in [0.2, 0.25) is 0 Å². The van der Waals surface area contributed by atoms with Crippen molar-refractivity contribution in [2.75, 3.05) is 26.2 Å². The van der Waals surface area contributed by atoms with Crippen LogP contribution in [-0.2, 0) is 4.79 Å². The third-order valence-corrected chi connectivity index (χ3v) is 4.18. The van der Waals surface area contributed by atoms with E-state index in [9.17, 15) is 9.59 Å². The summed E-state index contributed by atoms with van der Waals surface area (Å²) in [7, 11) is 0. The summed E-state index contributed by atoms with van der Waals surface area (Å²) in [6.07, 6.45) is 0. The van der Waals surface area contributed by atoms with Crippen molar-refractivity contribution in [2.45, 2.75) is 19.9 Å². The second kappa shape index (κ2) is 6.16. The molecule has 5 nitrogen and oxygen atoms in total. The predicted octanol–water partition coefficient (Wildman–Crippen LogP) is 1.68. The quantitative estimate of drug-likeness (QED) is 0.807. The fourth-order valence-electron chi connectivity index (χ4n) is 2.37. The molecule has 104 valence electrons. The molecule has 1 saturated heterocycles. The van der Waals surface area contributed by atoms with Crippen molar-refractivity contribution in [3.63, 3.8) is 0 Å². The van der Waals surface area contributed by atoms with Gasteiger partial charge < -0.3 is 5.32 Å². The summed E-state index contributed by atoms with van der Waals surface area (Å²) in [5.74, 6) is -0.141. The van der Waals surface area contributed by atoms with Gasteiger partial charge in [-0.3, -0.25) is 14.6 Å². The highest BCUT2D eigenvalue weighted by Crippen LogP contribution is 2.24. The molecule has 6 heteroatoms. The molecule has 0 bridgehead atoms. The molecule has 1 atom stereocenters. The van der Waals surface area contributed by atoms with Crippen LogP contribution in [0.5, 0.6) is 0 Å².